The van der Waals surface area contributed by atoms with Gasteiger partial charge in [0.2, 0.25) is 5.91 Å². The fraction of sp³-hybridized carbons (Fsp3) is 0.650. The first-order chi connectivity index (χ1) is 11.8. The number of nitrogens with one attached hydrogen (secondary N) is 1. The summed E-state index contributed by atoms with van der Waals surface area (Å²) < 4.78 is 5.35. The van der Waals surface area contributed by atoms with Gasteiger partial charge in [-0.3, -0.25) is 9.69 Å². The van der Waals surface area contributed by atoms with Crippen LogP contribution in [0.25, 0.3) is 0 Å². The van der Waals surface area contributed by atoms with E-state index in [2.05, 4.69) is 47.5 Å². The molecular weight excluding hydrogens is 300 g/mol. The minimum atomic E-state index is 0.176. The van der Waals surface area contributed by atoms with Crippen LogP contribution >= 0.6 is 0 Å². The van der Waals surface area contributed by atoms with Gasteiger partial charge in [-0.15, -0.1) is 0 Å². The van der Waals surface area contributed by atoms with E-state index in [1.54, 1.807) is 0 Å². The van der Waals surface area contributed by atoms with Gasteiger partial charge in [0.25, 0.3) is 0 Å². The van der Waals surface area contributed by atoms with E-state index < -0.39 is 0 Å². The Hall–Kier alpha value is -1.39. The van der Waals surface area contributed by atoms with Crippen LogP contribution < -0.4 is 5.32 Å². The lowest BCUT2D eigenvalue weighted by atomic mass is 9.79. The average molecular weight is 330 g/mol. The molecule has 132 valence electrons. The number of carbonyl (C=O) groups excluding carboxylic acids is 1. The van der Waals surface area contributed by atoms with Gasteiger partial charge in [-0.25, -0.2) is 0 Å². The number of nitrogens with zero attached hydrogens (tertiary/aromatic N) is 1. The van der Waals surface area contributed by atoms with Crippen molar-refractivity contribution in [1.29, 1.82) is 0 Å². The highest BCUT2D eigenvalue weighted by Gasteiger charge is 2.30. The maximum Gasteiger partial charge on any atom is 0.234 e. The van der Waals surface area contributed by atoms with Crippen molar-refractivity contribution in [2.24, 2.45) is 5.92 Å². The second kappa shape index (κ2) is 8.63. The first-order valence-corrected chi connectivity index (χ1v) is 9.40. The Labute approximate surface area is 145 Å². The molecule has 0 radical (unpaired) electrons. The molecule has 4 nitrogen and oxygen atoms in total. The Kier molecular flexibility index (Phi) is 6.27. The SMILES string of the molecule is CC[C@@H]1CN(CC(=O)NC2CCOCC2)CC[C@@H]1c1ccccc1. The molecule has 0 aromatic heterocycles. The number of rotatable bonds is 5. The van der Waals surface area contributed by atoms with Gasteiger partial charge in [0, 0.05) is 25.8 Å². The van der Waals surface area contributed by atoms with E-state index in [1.807, 2.05) is 0 Å². The molecule has 4 heteroatoms. The molecule has 2 aliphatic heterocycles. The normalized spacial score (nSPS) is 26.2. The van der Waals surface area contributed by atoms with E-state index in [0.29, 0.717) is 24.4 Å². The molecule has 0 saturated carbocycles. The highest BCUT2D eigenvalue weighted by Crippen LogP contribution is 2.34. The predicted octanol–water partition coefficient (Wildman–Crippen LogP) is 2.80. The lowest BCUT2D eigenvalue weighted by Crippen LogP contribution is -2.47. The van der Waals surface area contributed by atoms with Gasteiger partial charge in [0.1, 0.15) is 0 Å². The van der Waals surface area contributed by atoms with Crippen molar-refractivity contribution >= 4 is 5.91 Å². The summed E-state index contributed by atoms with van der Waals surface area (Å²) in [4.78, 5) is 14.7. The number of ether oxygens (including phenoxy) is 1. The van der Waals surface area contributed by atoms with E-state index in [1.165, 1.54) is 5.56 Å². The van der Waals surface area contributed by atoms with E-state index >= 15 is 0 Å². The van der Waals surface area contributed by atoms with Gasteiger partial charge in [-0.1, -0.05) is 43.7 Å². The van der Waals surface area contributed by atoms with Crippen molar-refractivity contribution in [3.8, 4) is 0 Å². The lowest BCUT2D eigenvalue weighted by Gasteiger charge is -2.38. The molecule has 1 aromatic carbocycles. The average Bonchev–Trinajstić information content (AvgIpc) is 2.63. The van der Waals surface area contributed by atoms with Crippen LogP contribution in [-0.2, 0) is 9.53 Å². The molecule has 2 saturated heterocycles. The molecule has 2 fully saturated rings. The van der Waals surface area contributed by atoms with Crippen LogP contribution in [0.1, 0.15) is 44.1 Å². The zero-order chi connectivity index (χ0) is 16.8. The van der Waals surface area contributed by atoms with Gasteiger partial charge < -0.3 is 10.1 Å². The fourth-order valence-corrected chi connectivity index (χ4v) is 4.12. The second-order valence-corrected chi connectivity index (χ2v) is 7.16. The highest BCUT2D eigenvalue weighted by atomic mass is 16.5. The third-order valence-electron chi connectivity index (χ3n) is 5.52. The van der Waals surface area contributed by atoms with Gasteiger partial charge >= 0.3 is 0 Å². The summed E-state index contributed by atoms with van der Waals surface area (Å²) >= 11 is 0. The molecule has 3 rings (SSSR count). The van der Waals surface area contributed by atoms with Gasteiger partial charge in [-0.05, 0) is 43.2 Å². The fourth-order valence-electron chi connectivity index (χ4n) is 4.12. The van der Waals surface area contributed by atoms with Crippen LogP contribution in [0.5, 0.6) is 0 Å². The highest BCUT2D eigenvalue weighted by molar-refractivity contribution is 5.78. The summed E-state index contributed by atoms with van der Waals surface area (Å²) in [6, 6.07) is 11.2. The summed E-state index contributed by atoms with van der Waals surface area (Å²) in [5.41, 5.74) is 1.45. The Morgan fingerprint density at radius 3 is 2.67 bits per heavy atom. The number of benzene rings is 1. The van der Waals surface area contributed by atoms with Crippen molar-refractivity contribution in [3.05, 3.63) is 35.9 Å². The smallest absolute Gasteiger partial charge is 0.234 e. The van der Waals surface area contributed by atoms with Crippen LogP contribution in [-0.4, -0.2) is 49.7 Å². The van der Waals surface area contributed by atoms with Crippen molar-refractivity contribution in [1.82, 2.24) is 10.2 Å². The van der Waals surface area contributed by atoms with Crippen molar-refractivity contribution in [2.75, 3.05) is 32.8 Å². The molecule has 2 atom stereocenters. The molecular formula is C20H30N2O2. The summed E-state index contributed by atoms with van der Waals surface area (Å²) in [5.74, 6) is 1.44. The minimum Gasteiger partial charge on any atom is -0.381 e. The molecule has 1 amide bonds. The third-order valence-corrected chi connectivity index (χ3v) is 5.52. The van der Waals surface area contributed by atoms with E-state index in [4.69, 9.17) is 4.74 Å². The quantitative estimate of drug-likeness (QED) is 0.903. The van der Waals surface area contributed by atoms with Crippen LogP contribution in [0.3, 0.4) is 0 Å². The Bertz CT molecular complexity index is 514. The molecule has 24 heavy (non-hydrogen) atoms. The molecule has 2 aliphatic rings. The lowest BCUT2D eigenvalue weighted by molar-refractivity contribution is -0.124. The number of carbonyl (C=O) groups is 1. The Morgan fingerprint density at radius 2 is 1.96 bits per heavy atom. The summed E-state index contributed by atoms with van der Waals surface area (Å²) in [5, 5.41) is 3.18. The molecule has 1 N–H and O–H groups in total. The predicted molar refractivity (Wildman–Crippen MR) is 96.0 cm³/mol. The zero-order valence-electron chi connectivity index (χ0n) is 14.7. The maximum absolute atomic E-state index is 12.3. The molecule has 0 bridgehead atoms. The van der Waals surface area contributed by atoms with Crippen LogP contribution in [0.2, 0.25) is 0 Å². The first-order valence-electron chi connectivity index (χ1n) is 9.40. The summed E-state index contributed by atoms with van der Waals surface area (Å²) in [6.45, 7) is 6.38. The first kappa shape index (κ1) is 17.4. The van der Waals surface area contributed by atoms with Crippen LogP contribution in [0.15, 0.2) is 30.3 Å². The van der Waals surface area contributed by atoms with Gasteiger partial charge in [-0.2, -0.15) is 0 Å². The minimum absolute atomic E-state index is 0.176. The van der Waals surface area contributed by atoms with E-state index in [0.717, 1.165) is 52.0 Å². The monoisotopic (exact) mass is 330 g/mol. The largest absolute Gasteiger partial charge is 0.381 e. The number of amides is 1. The van der Waals surface area contributed by atoms with E-state index in [-0.39, 0.29) is 5.91 Å². The molecule has 1 aromatic rings. The molecule has 2 heterocycles. The number of hydrogen-bond donors (Lipinski definition) is 1. The van der Waals surface area contributed by atoms with Crippen molar-refractivity contribution in [2.45, 2.75) is 44.6 Å². The molecule has 0 unspecified atom stereocenters. The number of piperidine rings is 1. The van der Waals surface area contributed by atoms with Crippen LogP contribution in [0, 0.1) is 5.92 Å². The van der Waals surface area contributed by atoms with Crippen LogP contribution in [0.4, 0.5) is 0 Å². The van der Waals surface area contributed by atoms with Crippen molar-refractivity contribution in [3.63, 3.8) is 0 Å². The molecule has 0 spiro atoms. The van der Waals surface area contributed by atoms with Gasteiger partial charge in [0.15, 0.2) is 0 Å². The zero-order valence-corrected chi connectivity index (χ0v) is 14.7. The standard InChI is InChI=1S/C20H30N2O2/c1-2-16-14-22(11-8-19(16)17-6-4-3-5-7-17)15-20(23)21-18-9-12-24-13-10-18/h3-7,16,18-19H,2,8-15H2,1H3,(H,21,23)/t16-,19+/m1/s1. The Balaban J connectivity index is 1.51. The number of hydrogen-bond acceptors (Lipinski definition) is 3. The topological polar surface area (TPSA) is 41.6 Å². The second-order valence-electron chi connectivity index (χ2n) is 7.16. The summed E-state index contributed by atoms with van der Waals surface area (Å²) in [7, 11) is 0. The number of likely N-dealkylation sites (tertiary alicyclic amines) is 1. The Morgan fingerprint density at radius 1 is 1.21 bits per heavy atom. The molecule has 0 aliphatic carbocycles. The maximum atomic E-state index is 12.3. The summed E-state index contributed by atoms with van der Waals surface area (Å²) in [6.07, 6.45) is 4.20. The van der Waals surface area contributed by atoms with Crippen molar-refractivity contribution < 1.29 is 9.53 Å². The van der Waals surface area contributed by atoms with E-state index in [9.17, 15) is 4.79 Å². The van der Waals surface area contributed by atoms with Gasteiger partial charge in [0.05, 0.1) is 6.54 Å². The third kappa shape index (κ3) is 4.58.